The highest BCUT2D eigenvalue weighted by Gasteiger charge is 2.29. The van der Waals surface area contributed by atoms with Gasteiger partial charge < -0.3 is 5.32 Å². The summed E-state index contributed by atoms with van der Waals surface area (Å²) < 4.78 is 0. The highest BCUT2D eigenvalue weighted by atomic mass is 32.1. The molecule has 2 aromatic rings. The van der Waals surface area contributed by atoms with Crippen molar-refractivity contribution in [2.24, 2.45) is 0 Å². The van der Waals surface area contributed by atoms with Crippen LogP contribution in [0.3, 0.4) is 0 Å². The van der Waals surface area contributed by atoms with Crippen molar-refractivity contribution in [1.82, 2.24) is 14.9 Å². The van der Waals surface area contributed by atoms with Crippen molar-refractivity contribution in [3.63, 3.8) is 0 Å². The molecule has 2 aromatic heterocycles. The van der Waals surface area contributed by atoms with Gasteiger partial charge in [-0.05, 0) is 43.7 Å². The van der Waals surface area contributed by atoms with E-state index in [2.05, 4.69) is 35.5 Å². The molecule has 0 aromatic carbocycles. The summed E-state index contributed by atoms with van der Waals surface area (Å²) in [5.41, 5.74) is 0. The van der Waals surface area contributed by atoms with Crippen molar-refractivity contribution >= 4 is 27.4 Å². The van der Waals surface area contributed by atoms with Gasteiger partial charge in [-0.1, -0.05) is 13.8 Å². The summed E-state index contributed by atoms with van der Waals surface area (Å²) in [5.74, 6) is 1.97. The maximum absolute atomic E-state index is 4.79. The predicted octanol–water partition coefficient (Wildman–Crippen LogP) is 3.89. The van der Waals surface area contributed by atoms with E-state index in [-0.39, 0.29) is 0 Å². The number of hydrogen-bond donors (Lipinski definition) is 1. The molecule has 0 atom stereocenters. The number of fused-ring (bicyclic) bond motifs is 1. The summed E-state index contributed by atoms with van der Waals surface area (Å²) in [5, 5.41) is 6.71. The number of rotatable bonds is 8. The van der Waals surface area contributed by atoms with Crippen molar-refractivity contribution in [1.29, 1.82) is 0 Å². The van der Waals surface area contributed by atoms with E-state index in [0.29, 0.717) is 0 Å². The number of nitrogens with zero attached hydrogens (tertiary/aromatic N) is 3. The van der Waals surface area contributed by atoms with Crippen LogP contribution in [0.5, 0.6) is 0 Å². The highest BCUT2D eigenvalue weighted by molar-refractivity contribution is 7.16. The van der Waals surface area contributed by atoms with Crippen LogP contribution in [0.4, 0.5) is 5.82 Å². The van der Waals surface area contributed by atoms with Crippen LogP contribution in [0.25, 0.3) is 10.2 Å². The van der Waals surface area contributed by atoms with E-state index in [0.717, 1.165) is 54.0 Å². The Bertz CT molecular complexity index is 591. The molecule has 0 unspecified atom stereocenters. The lowest BCUT2D eigenvalue weighted by Crippen LogP contribution is -2.27. The third-order valence-electron chi connectivity index (χ3n) is 3.83. The molecule has 1 aliphatic rings. The third-order valence-corrected chi connectivity index (χ3v) is 4.64. The summed E-state index contributed by atoms with van der Waals surface area (Å²) >= 11 is 1.70. The fraction of sp³-hybridized carbons (Fsp3) is 0.625. The molecule has 0 saturated heterocycles. The molecule has 1 saturated carbocycles. The van der Waals surface area contributed by atoms with Crippen LogP contribution in [0.15, 0.2) is 11.4 Å². The average molecular weight is 304 g/mol. The normalized spacial score (nSPS) is 15.0. The number of anilines is 1. The predicted molar refractivity (Wildman–Crippen MR) is 89.9 cm³/mol. The molecule has 21 heavy (non-hydrogen) atoms. The van der Waals surface area contributed by atoms with Crippen LogP contribution < -0.4 is 5.32 Å². The Morgan fingerprint density at radius 1 is 1.29 bits per heavy atom. The van der Waals surface area contributed by atoms with Crippen molar-refractivity contribution in [3.05, 3.63) is 17.3 Å². The minimum absolute atomic E-state index is 0.764. The van der Waals surface area contributed by atoms with Crippen LogP contribution in [0.1, 0.15) is 45.4 Å². The van der Waals surface area contributed by atoms with Gasteiger partial charge in [0, 0.05) is 12.6 Å². The SMILES string of the molecule is CCCNc1nc(CN(CCC)C2CC2)nc2sccc12. The lowest BCUT2D eigenvalue weighted by atomic mass is 10.3. The minimum Gasteiger partial charge on any atom is -0.369 e. The summed E-state index contributed by atoms with van der Waals surface area (Å²) in [6, 6.07) is 2.88. The molecular formula is C16H24N4S. The number of thiophene rings is 1. The second-order valence-electron chi connectivity index (χ2n) is 5.76. The zero-order chi connectivity index (χ0) is 14.7. The van der Waals surface area contributed by atoms with Gasteiger partial charge in [-0.25, -0.2) is 9.97 Å². The summed E-state index contributed by atoms with van der Waals surface area (Å²) in [4.78, 5) is 13.2. The van der Waals surface area contributed by atoms with E-state index < -0.39 is 0 Å². The van der Waals surface area contributed by atoms with Gasteiger partial charge in [-0.15, -0.1) is 11.3 Å². The molecule has 0 radical (unpaired) electrons. The molecule has 0 spiro atoms. The standard InChI is InChI=1S/C16H24N4S/c1-3-8-17-15-13-7-10-21-16(13)19-14(18-15)11-20(9-4-2)12-5-6-12/h7,10,12H,3-6,8-9,11H2,1-2H3,(H,17,18,19). The molecule has 5 heteroatoms. The quantitative estimate of drug-likeness (QED) is 0.803. The Morgan fingerprint density at radius 2 is 2.14 bits per heavy atom. The van der Waals surface area contributed by atoms with Gasteiger partial charge in [-0.2, -0.15) is 0 Å². The monoisotopic (exact) mass is 304 g/mol. The van der Waals surface area contributed by atoms with E-state index in [4.69, 9.17) is 9.97 Å². The highest BCUT2D eigenvalue weighted by Crippen LogP contribution is 2.29. The van der Waals surface area contributed by atoms with Crippen LogP contribution in [0, 0.1) is 0 Å². The average Bonchev–Trinajstić information content (AvgIpc) is 3.22. The van der Waals surface area contributed by atoms with Crippen LogP contribution in [0.2, 0.25) is 0 Å². The maximum atomic E-state index is 4.79. The Hall–Kier alpha value is -1.20. The number of hydrogen-bond acceptors (Lipinski definition) is 5. The zero-order valence-corrected chi connectivity index (χ0v) is 13.7. The summed E-state index contributed by atoms with van der Waals surface area (Å²) in [6.45, 7) is 7.41. The van der Waals surface area contributed by atoms with E-state index in [1.165, 1.54) is 19.3 Å². The molecule has 2 heterocycles. The molecular weight excluding hydrogens is 280 g/mol. The van der Waals surface area contributed by atoms with Crippen molar-refractivity contribution in [2.45, 2.75) is 52.1 Å². The van der Waals surface area contributed by atoms with Crippen LogP contribution >= 0.6 is 11.3 Å². The van der Waals surface area contributed by atoms with E-state index in [9.17, 15) is 0 Å². The van der Waals surface area contributed by atoms with E-state index in [1.54, 1.807) is 11.3 Å². The van der Waals surface area contributed by atoms with Gasteiger partial charge in [0.2, 0.25) is 0 Å². The molecule has 1 aliphatic carbocycles. The fourth-order valence-corrected chi connectivity index (χ4v) is 3.43. The van der Waals surface area contributed by atoms with Gasteiger partial charge in [0.25, 0.3) is 0 Å². The van der Waals surface area contributed by atoms with Gasteiger partial charge in [-0.3, -0.25) is 4.90 Å². The lowest BCUT2D eigenvalue weighted by molar-refractivity contribution is 0.249. The Labute approximate surface area is 130 Å². The second kappa shape index (κ2) is 6.71. The summed E-state index contributed by atoms with van der Waals surface area (Å²) in [7, 11) is 0. The topological polar surface area (TPSA) is 41.1 Å². The lowest BCUT2D eigenvalue weighted by Gasteiger charge is -2.20. The van der Waals surface area contributed by atoms with Crippen LogP contribution in [-0.4, -0.2) is 34.0 Å². The molecule has 4 nitrogen and oxygen atoms in total. The summed E-state index contributed by atoms with van der Waals surface area (Å²) in [6.07, 6.45) is 4.97. The molecule has 0 bridgehead atoms. The largest absolute Gasteiger partial charge is 0.369 e. The number of nitrogens with one attached hydrogen (secondary N) is 1. The van der Waals surface area contributed by atoms with Crippen molar-refractivity contribution < 1.29 is 0 Å². The van der Waals surface area contributed by atoms with E-state index in [1.807, 2.05) is 0 Å². The Balaban J connectivity index is 1.83. The molecule has 0 amide bonds. The molecule has 0 aliphatic heterocycles. The first kappa shape index (κ1) is 14.7. The van der Waals surface area contributed by atoms with Gasteiger partial charge in [0.15, 0.2) is 0 Å². The zero-order valence-electron chi connectivity index (χ0n) is 12.9. The molecule has 1 N–H and O–H groups in total. The maximum Gasteiger partial charge on any atom is 0.146 e. The first-order valence-corrected chi connectivity index (χ1v) is 8.91. The smallest absolute Gasteiger partial charge is 0.146 e. The number of aromatic nitrogens is 2. The third kappa shape index (κ3) is 3.52. The van der Waals surface area contributed by atoms with Crippen molar-refractivity contribution in [2.75, 3.05) is 18.4 Å². The minimum atomic E-state index is 0.764. The van der Waals surface area contributed by atoms with E-state index >= 15 is 0 Å². The first-order chi connectivity index (χ1) is 10.3. The second-order valence-corrected chi connectivity index (χ2v) is 6.65. The Kier molecular flexibility index (Phi) is 4.70. The van der Waals surface area contributed by atoms with Crippen molar-refractivity contribution in [3.8, 4) is 0 Å². The fourth-order valence-electron chi connectivity index (χ4n) is 2.65. The molecule has 114 valence electrons. The molecule has 1 fully saturated rings. The first-order valence-electron chi connectivity index (χ1n) is 8.03. The van der Waals surface area contributed by atoms with Gasteiger partial charge in [0.1, 0.15) is 16.5 Å². The molecule has 3 rings (SSSR count). The van der Waals surface area contributed by atoms with Gasteiger partial charge in [0.05, 0.1) is 11.9 Å². The van der Waals surface area contributed by atoms with Crippen LogP contribution in [-0.2, 0) is 6.54 Å². The van der Waals surface area contributed by atoms with Gasteiger partial charge >= 0.3 is 0 Å². The Morgan fingerprint density at radius 3 is 2.86 bits per heavy atom.